The third kappa shape index (κ3) is 2.98. The van der Waals surface area contributed by atoms with Gasteiger partial charge in [0.25, 0.3) is 0 Å². The molecule has 108 valence electrons. The van der Waals surface area contributed by atoms with Crippen LogP contribution in [0.15, 0.2) is 24.3 Å². The number of nitrogens with zero attached hydrogens (tertiary/aromatic N) is 1. The Morgan fingerprint density at radius 1 is 1.20 bits per heavy atom. The van der Waals surface area contributed by atoms with E-state index in [1.807, 2.05) is 12.1 Å². The lowest BCUT2D eigenvalue weighted by molar-refractivity contribution is 0.145. The van der Waals surface area contributed by atoms with Crippen molar-refractivity contribution in [2.75, 3.05) is 6.61 Å². The van der Waals surface area contributed by atoms with Crippen LogP contribution in [0.5, 0.6) is 5.75 Å². The van der Waals surface area contributed by atoms with Crippen molar-refractivity contribution in [3.05, 3.63) is 29.8 Å². The molecule has 0 amide bonds. The van der Waals surface area contributed by atoms with Gasteiger partial charge in [-0.3, -0.25) is 0 Å². The Labute approximate surface area is 122 Å². The zero-order chi connectivity index (χ0) is 14.8. The van der Waals surface area contributed by atoms with Crippen LogP contribution in [0.2, 0.25) is 0 Å². The van der Waals surface area contributed by atoms with Crippen molar-refractivity contribution in [1.29, 1.82) is 5.26 Å². The minimum absolute atomic E-state index is 0.258. The van der Waals surface area contributed by atoms with Gasteiger partial charge in [0.1, 0.15) is 5.75 Å². The Bertz CT molecular complexity index is 475. The molecule has 0 aliphatic heterocycles. The summed E-state index contributed by atoms with van der Waals surface area (Å²) in [7, 11) is 0. The molecule has 1 saturated carbocycles. The average Bonchev–Trinajstić information content (AvgIpc) is 2.36. The van der Waals surface area contributed by atoms with Crippen LogP contribution in [0.25, 0.3) is 0 Å². The van der Waals surface area contributed by atoms with Crippen LogP contribution < -0.4 is 4.74 Å². The van der Waals surface area contributed by atoms with Gasteiger partial charge in [0.2, 0.25) is 0 Å². The molecule has 0 heterocycles. The molecule has 20 heavy (non-hydrogen) atoms. The summed E-state index contributed by atoms with van der Waals surface area (Å²) in [5.74, 6) is 2.78. The topological polar surface area (TPSA) is 33.0 Å². The van der Waals surface area contributed by atoms with E-state index in [9.17, 15) is 5.26 Å². The van der Waals surface area contributed by atoms with E-state index in [0.29, 0.717) is 17.8 Å². The van der Waals surface area contributed by atoms with Crippen molar-refractivity contribution in [2.45, 2.75) is 46.0 Å². The van der Waals surface area contributed by atoms with Crippen molar-refractivity contribution in [1.82, 2.24) is 0 Å². The molecule has 0 unspecified atom stereocenters. The van der Waals surface area contributed by atoms with Crippen LogP contribution in [0, 0.1) is 29.1 Å². The number of ether oxygens (including phenoxy) is 1. The highest BCUT2D eigenvalue weighted by molar-refractivity contribution is 5.39. The van der Waals surface area contributed by atoms with E-state index in [2.05, 4.69) is 45.9 Å². The first-order valence-electron chi connectivity index (χ1n) is 7.61. The summed E-state index contributed by atoms with van der Waals surface area (Å²) in [6.45, 7) is 9.50. The third-order valence-corrected chi connectivity index (χ3v) is 4.37. The van der Waals surface area contributed by atoms with Crippen LogP contribution in [0.1, 0.15) is 46.1 Å². The fourth-order valence-electron chi connectivity index (χ4n) is 2.83. The molecular weight excluding hydrogens is 246 g/mol. The van der Waals surface area contributed by atoms with Crippen LogP contribution in [0.4, 0.5) is 0 Å². The number of hydrogen-bond acceptors (Lipinski definition) is 2. The van der Waals surface area contributed by atoms with E-state index in [0.717, 1.165) is 30.8 Å². The first kappa shape index (κ1) is 14.9. The summed E-state index contributed by atoms with van der Waals surface area (Å²) in [5, 5.41) is 9.55. The van der Waals surface area contributed by atoms with E-state index >= 15 is 0 Å². The van der Waals surface area contributed by atoms with Crippen molar-refractivity contribution < 1.29 is 4.74 Å². The van der Waals surface area contributed by atoms with Gasteiger partial charge in [0, 0.05) is 0 Å². The van der Waals surface area contributed by atoms with Gasteiger partial charge in [-0.25, -0.2) is 0 Å². The second-order valence-electron chi connectivity index (χ2n) is 6.84. The highest BCUT2D eigenvalue weighted by atomic mass is 16.5. The van der Waals surface area contributed by atoms with Crippen molar-refractivity contribution in [3.8, 4) is 11.8 Å². The first-order valence-corrected chi connectivity index (χ1v) is 7.61. The van der Waals surface area contributed by atoms with Crippen molar-refractivity contribution >= 4 is 0 Å². The van der Waals surface area contributed by atoms with E-state index < -0.39 is 0 Å². The molecule has 0 radical (unpaired) electrons. The second kappa shape index (κ2) is 5.87. The van der Waals surface area contributed by atoms with E-state index in [1.165, 1.54) is 0 Å². The van der Waals surface area contributed by atoms with Gasteiger partial charge < -0.3 is 4.74 Å². The Hall–Kier alpha value is -1.49. The molecule has 1 aromatic carbocycles. The van der Waals surface area contributed by atoms with Gasteiger partial charge in [-0.2, -0.15) is 5.26 Å². The van der Waals surface area contributed by atoms with Crippen LogP contribution in [0.3, 0.4) is 0 Å². The SMILES string of the molecule is CC(C)COc1ccc(C2(C#N)CC(C(C)C)C2)cc1. The largest absolute Gasteiger partial charge is 0.493 e. The van der Waals surface area contributed by atoms with E-state index in [4.69, 9.17) is 4.74 Å². The molecule has 0 saturated heterocycles. The Morgan fingerprint density at radius 2 is 1.80 bits per heavy atom. The molecule has 0 bridgehead atoms. The predicted octanol–water partition coefficient (Wildman–Crippen LogP) is 4.55. The highest BCUT2D eigenvalue weighted by Gasteiger charge is 2.46. The van der Waals surface area contributed by atoms with Gasteiger partial charge in [-0.1, -0.05) is 39.8 Å². The van der Waals surface area contributed by atoms with Crippen LogP contribution >= 0.6 is 0 Å². The first-order chi connectivity index (χ1) is 9.47. The Morgan fingerprint density at radius 3 is 2.25 bits per heavy atom. The summed E-state index contributed by atoms with van der Waals surface area (Å²) < 4.78 is 5.70. The van der Waals surface area contributed by atoms with Crippen LogP contribution in [-0.4, -0.2) is 6.61 Å². The minimum Gasteiger partial charge on any atom is -0.493 e. The summed E-state index contributed by atoms with van der Waals surface area (Å²) in [6.07, 6.45) is 1.99. The molecule has 1 aromatic rings. The molecule has 0 spiro atoms. The maximum atomic E-state index is 9.55. The zero-order valence-electron chi connectivity index (χ0n) is 13.0. The zero-order valence-corrected chi connectivity index (χ0v) is 13.0. The van der Waals surface area contributed by atoms with E-state index in [-0.39, 0.29) is 5.41 Å². The average molecular weight is 271 g/mol. The minimum atomic E-state index is -0.258. The smallest absolute Gasteiger partial charge is 0.119 e. The Kier molecular flexibility index (Phi) is 4.38. The highest BCUT2D eigenvalue weighted by Crippen LogP contribution is 2.50. The molecule has 2 rings (SSSR count). The van der Waals surface area contributed by atoms with Gasteiger partial charge in [-0.05, 0) is 48.3 Å². The van der Waals surface area contributed by atoms with E-state index in [1.54, 1.807) is 0 Å². The lowest BCUT2D eigenvalue weighted by Crippen LogP contribution is -2.42. The maximum Gasteiger partial charge on any atom is 0.119 e. The van der Waals surface area contributed by atoms with Gasteiger partial charge in [0.15, 0.2) is 0 Å². The molecule has 2 nitrogen and oxygen atoms in total. The Balaban J connectivity index is 2.04. The number of rotatable bonds is 5. The van der Waals surface area contributed by atoms with Gasteiger partial charge in [-0.15, -0.1) is 0 Å². The fourth-order valence-corrected chi connectivity index (χ4v) is 2.83. The predicted molar refractivity (Wildman–Crippen MR) is 81.6 cm³/mol. The maximum absolute atomic E-state index is 9.55. The molecular formula is C18H25NO. The van der Waals surface area contributed by atoms with Gasteiger partial charge >= 0.3 is 0 Å². The van der Waals surface area contributed by atoms with Crippen molar-refractivity contribution in [2.24, 2.45) is 17.8 Å². The second-order valence-corrected chi connectivity index (χ2v) is 6.84. The third-order valence-electron chi connectivity index (χ3n) is 4.37. The summed E-state index contributed by atoms with van der Waals surface area (Å²) >= 11 is 0. The van der Waals surface area contributed by atoms with Crippen LogP contribution in [-0.2, 0) is 5.41 Å². The van der Waals surface area contributed by atoms with Gasteiger partial charge in [0.05, 0.1) is 18.1 Å². The molecule has 1 aliphatic carbocycles. The standard InChI is InChI=1S/C18H25NO/c1-13(2)11-20-17-7-5-16(6-8-17)18(12-19)9-15(10-18)14(3)4/h5-8,13-15H,9-11H2,1-4H3. The summed E-state index contributed by atoms with van der Waals surface area (Å²) in [4.78, 5) is 0. The molecule has 0 N–H and O–H groups in total. The quantitative estimate of drug-likeness (QED) is 0.787. The summed E-state index contributed by atoms with van der Waals surface area (Å²) in [6, 6.07) is 10.7. The fraction of sp³-hybridized carbons (Fsp3) is 0.611. The molecule has 1 aliphatic rings. The molecule has 1 fully saturated rings. The lowest BCUT2D eigenvalue weighted by Gasteiger charge is -2.45. The monoisotopic (exact) mass is 271 g/mol. The lowest BCUT2D eigenvalue weighted by atomic mass is 9.56. The molecule has 0 aromatic heterocycles. The van der Waals surface area contributed by atoms with Crippen molar-refractivity contribution in [3.63, 3.8) is 0 Å². The number of nitriles is 1. The number of hydrogen-bond donors (Lipinski definition) is 0. The number of benzene rings is 1. The summed E-state index contributed by atoms with van der Waals surface area (Å²) in [5.41, 5.74) is 0.889. The molecule has 0 atom stereocenters. The molecule has 2 heteroatoms. The normalized spacial score (nSPS) is 25.4.